The highest BCUT2D eigenvalue weighted by Gasteiger charge is 2.18. The van der Waals surface area contributed by atoms with Gasteiger partial charge in [0.15, 0.2) is 21.9 Å². The van der Waals surface area contributed by atoms with Gasteiger partial charge >= 0.3 is 5.63 Å². The van der Waals surface area contributed by atoms with Crippen LogP contribution in [0.4, 0.5) is 5.69 Å². The van der Waals surface area contributed by atoms with E-state index in [0.717, 1.165) is 0 Å². The van der Waals surface area contributed by atoms with Crippen LogP contribution in [0.25, 0.3) is 11.0 Å². The summed E-state index contributed by atoms with van der Waals surface area (Å²) in [5, 5.41) is 12.7. The second kappa shape index (κ2) is 5.10. The predicted octanol–water partition coefficient (Wildman–Crippen LogP) is 3.11. The van der Waals surface area contributed by atoms with Gasteiger partial charge in [-0.15, -0.1) is 0 Å². The van der Waals surface area contributed by atoms with Crippen LogP contribution in [0, 0.1) is 0 Å². The van der Waals surface area contributed by atoms with Gasteiger partial charge in [-0.3, -0.25) is 4.79 Å². The van der Waals surface area contributed by atoms with Crippen molar-refractivity contribution in [1.82, 2.24) is 0 Å². The maximum atomic E-state index is 12.0. The van der Waals surface area contributed by atoms with Crippen molar-refractivity contribution in [3.63, 3.8) is 0 Å². The molecule has 0 radical (unpaired) electrons. The lowest BCUT2D eigenvalue weighted by atomic mass is 10.2. The summed E-state index contributed by atoms with van der Waals surface area (Å²) in [5.41, 5.74) is -0.935. The van der Waals surface area contributed by atoms with Crippen LogP contribution >= 0.6 is 15.9 Å². The summed E-state index contributed by atoms with van der Waals surface area (Å²) in [7, 11) is 0. The van der Waals surface area contributed by atoms with Gasteiger partial charge in [-0.2, -0.15) is 0 Å². The molecule has 6 nitrogen and oxygen atoms in total. The molecule has 2 N–H and O–H groups in total. The molecule has 3 rings (SSSR count). The van der Waals surface area contributed by atoms with Crippen molar-refractivity contribution in [3.8, 4) is 5.75 Å². The molecule has 1 aromatic carbocycles. The average Bonchev–Trinajstić information content (AvgIpc) is 2.90. The molecule has 1 amide bonds. The Labute approximate surface area is 126 Å². The van der Waals surface area contributed by atoms with E-state index in [4.69, 9.17) is 8.83 Å². The van der Waals surface area contributed by atoms with E-state index in [9.17, 15) is 14.7 Å². The number of halogens is 1. The van der Waals surface area contributed by atoms with Crippen molar-refractivity contribution in [3.05, 3.63) is 57.2 Å². The fraction of sp³-hybridized carbons (Fsp3) is 0. The van der Waals surface area contributed by atoms with Crippen LogP contribution in [-0.4, -0.2) is 11.0 Å². The Morgan fingerprint density at radius 1 is 1.14 bits per heavy atom. The SMILES string of the molecule is O=C(Nc1c(O)c2ccccc2oc1=O)c1ccc(Br)o1. The number of hydrogen-bond donors (Lipinski definition) is 2. The summed E-state index contributed by atoms with van der Waals surface area (Å²) in [4.78, 5) is 23.8. The maximum Gasteiger partial charge on any atom is 0.364 e. The third kappa shape index (κ3) is 2.43. The lowest BCUT2D eigenvalue weighted by molar-refractivity contribution is 0.0994. The highest BCUT2D eigenvalue weighted by molar-refractivity contribution is 9.10. The molecule has 0 aliphatic carbocycles. The van der Waals surface area contributed by atoms with E-state index in [-0.39, 0.29) is 22.8 Å². The van der Waals surface area contributed by atoms with Crippen LogP contribution in [0.15, 0.2) is 54.7 Å². The van der Waals surface area contributed by atoms with E-state index in [2.05, 4.69) is 21.2 Å². The number of carbonyl (C=O) groups is 1. The first-order chi connectivity index (χ1) is 10.1. The van der Waals surface area contributed by atoms with E-state index >= 15 is 0 Å². The zero-order valence-corrected chi connectivity index (χ0v) is 12.0. The molecule has 0 saturated heterocycles. The van der Waals surface area contributed by atoms with Gasteiger partial charge in [0.2, 0.25) is 0 Å². The van der Waals surface area contributed by atoms with E-state index in [1.54, 1.807) is 24.3 Å². The Bertz CT molecular complexity index is 896. The molecule has 106 valence electrons. The van der Waals surface area contributed by atoms with Crippen LogP contribution in [0.1, 0.15) is 10.6 Å². The topological polar surface area (TPSA) is 92.7 Å². The van der Waals surface area contributed by atoms with Crippen LogP contribution in [0.2, 0.25) is 0 Å². The number of hydrogen-bond acceptors (Lipinski definition) is 5. The fourth-order valence-corrected chi connectivity index (χ4v) is 2.16. The molecule has 0 fully saturated rings. The summed E-state index contributed by atoms with van der Waals surface area (Å²) in [6.45, 7) is 0. The number of nitrogens with one attached hydrogen (secondary N) is 1. The molecule has 0 spiro atoms. The molecule has 3 aromatic rings. The molecule has 2 aromatic heterocycles. The van der Waals surface area contributed by atoms with Gasteiger partial charge in [0.1, 0.15) is 5.58 Å². The van der Waals surface area contributed by atoms with Crippen LogP contribution < -0.4 is 10.9 Å². The van der Waals surface area contributed by atoms with Gasteiger partial charge in [0.25, 0.3) is 5.91 Å². The molecule has 0 saturated carbocycles. The Morgan fingerprint density at radius 2 is 1.90 bits per heavy atom. The Balaban J connectivity index is 2.04. The lowest BCUT2D eigenvalue weighted by Crippen LogP contribution is -2.17. The number of furan rings is 1. The molecule has 0 bridgehead atoms. The van der Waals surface area contributed by atoms with Crippen molar-refractivity contribution in [2.24, 2.45) is 0 Å². The zero-order valence-electron chi connectivity index (χ0n) is 10.4. The van der Waals surface area contributed by atoms with Gasteiger partial charge in [0, 0.05) is 0 Å². The number of benzene rings is 1. The van der Waals surface area contributed by atoms with Crippen LogP contribution in [-0.2, 0) is 0 Å². The van der Waals surface area contributed by atoms with Crippen LogP contribution in [0.5, 0.6) is 5.75 Å². The Morgan fingerprint density at radius 3 is 2.62 bits per heavy atom. The van der Waals surface area contributed by atoms with Crippen molar-refractivity contribution in [2.45, 2.75) is 0 Å². The third-order valence-corrected chi connectivity index (χ3v) is 3.25. The zero-order chi connectivity index (χ0) is 15.0. The lowest BCUT2D eigenvalue weighted by Gasteiger charge is -2.06. The third-order valence-electron chi connectivity index (χ3n) is 2.82. The van der Waals surface area contributed by atoms with E-state index in [0.29, 0.717) is 10.1 Å². The quantitative estimate of drug-likeness (QED) is 0.693. The van der Waals surface area contributed by atoms with Gasteiger partial charge in [-0.05, 0) is 40.2 Å². The minimum absolute atomic E-state index is 0.00571. The second-order valence-electron chi connectivity index (χ2n) is 4.17. The summed E-state index contributed by atoms with van der Waals surface area (Å²) in [5.74, 6) is -1.02. The van der Waals surface area contributed by atoms with Crippen molar-refractivity contribution in [2.75, 3.05) is 5.32 Å². The maximum absolute atomic E-state index is 12.0. The molecule has 21 heavy (non-hydrogen) atoms. The highest BCUT2D eigenvalue weighted by Crippen LogP contribution is 2.29. The molecular weight excluding hydrogens is 342 g/mol. The summed E-state index contributed by atoms with van der Waals surface area (Å²) in [6.07, 6.45) is 0. The van der Waals surface area contributed by atoms with Gasteiger partial charge in [0.05, 0.1) is 5.39 Å². The monoisotopic (exact) mass is 349 g/mol. The minimum Gasteiger partial charge on any atom is -0.505 e. The molecule has 0 atom stereocenters. The molecule has 2 heterocycles. The molecule has 0 unspecified atom stereocenters. The molecular formula is C14H8BrNO5. The van der Waals surface area contributed by atoms with Gasteiger partial charge in [-0.1, -0.05) is 12.1 Å². The Kier molecular flexibility index (Phi) is 3.26. The summed E-state index contributed by atoms with van der Waals surface area (Å²) >= 11 is 3.07. The van der Waals surface area contributed by atoms with E-state index in [1.807, 2.05) is 0 Å². The number of amides is 1. The van der Waals surface area contributed by atoms with Gasteiger partial charge < -0.3 is 19.3 Å². The van der Waals surface area contributed by atoms with Crippen molar-refractivity contribution >= 4 is 38.5 Å². The molecule has 0 aliphatic rings. The number of para-hydroxylation sites is 1. The van der Waals surface area contributed by atoms with E-state index in [1.165, 1.54) is 12.1 Å². The van der Waals surface area contributed by atoms with Crippen molar-refractivity contribution in [1.29, 1.82) is 0 Å². The average molecular weight is 350 g/mol. The highest BCUT2D eigenvalue weighted by atomic mass is 79.9. The number of carbonyl (C=O) groups excluding carboxylic acids is 1. The molecule has 7 heteroatoms. The number of rotatable bonds is 2. The van der Waals surface area contributed by atoms with Crippen molar-refractivity contribution < 1.29 is 18.7 Å². The van der Waals surface area contributed by atoms with Gasteiger partial charge in [-0.25, -0.2) is 4.79 Å². The second-order valence-corrected chi connectivity index (χ2v) is 4.95. The summed E-state index contributed by atoms with van der Waals surface area (Å²) in [6, 6.07) is 9.44. The van der Waals surface area contributed by atoms with Crippen LogP contribution in [0.3, 0.4) is 0 Å². The largest absolute Gasteiger partial charge is 0.505 e. The normalized spacial score (nSPS) is 10.7. The Hall–Kier alpha value is -2.54. The first-order valence-corrected chi connectivity index (χ1v) is 6.67. The minimum atomic E-state index is -0.842. The fourth-order valence-electron chi connectivity index (χ4n) is 1.86. The number of fused-ring (bicyclic) bond motifs is 1. The van der Waals surface area contributed by atoms with E-state index < -0.39 is 11.5 Å². The predicted molar refractivity (Wildman–Crippen MR) is 78.5 cm³/mol. The number of anilines is 1. The molecule has 0 aliphatic heterocycles. The summed E-state index contributed by atoms with van der Waals surface area (Å²) < 4.78 is 10.5. The first-order valence-electron chi connectivity index (χ1n) is 5.88. The first kappa shape index (κ1) is 13.4. The standard InChI is InChI=1S/C14H8BrNO5/c15-10-6-5-9(20-10)13(18)16-11-12(17)7-3-1-2-4-8(7)21-14(11)19/h1-6,17H,(H,16,18). The number of aromatic hydroxyl groups is 1. The smallest absolute Gasteiger partial charge is 0.364 e.